The predicted molar refractivity (Wildman–Crippen MR) is 67.5 cm³/mol. The van der Waals surface area contributed by atoms with Gasteiger partial charge in [0.05, 0.1) is 7.11 Å². The van der Waals surface area contributed by atoms with E-state index in [1.807, 2.05) is 0 Å². The van der Waals surface area contributed by atoms with E-state index < -0.39 is 30.0 Å². The highest BCUT2D eigenvalue weighted by Crippen LogP contribution is 2.31. The van der Waals surface area contributed by atoms with Crippen molar-refractivity contribution < 1.29 is 29.0 Å². The topological polar surface area (TPSA) is 93.1 Å². The van der Waals surface area contributed by atoms with Crippen molar-refractivity contribution in [2.24, 2.45) is 0 Å². The number of carboxylic acids is 1. The highest BCUT2D eigenvalue weighted by Gasteiger charge is 2.55. The number of hydrogen-bond donors (Lipinski definition) is 1. The Morgan fingerprint density at radius 1 is 1.25 bits per heavy atom. The minimum absolute atomic E-state index is 0.409. The van der Waals surface area contributed by atoms with Crippen LogP contribution in [-0.2, 0) is 19.1 Å². The average molecular weight is 279 g/mol. The van der Waals surface area contributed by atoms with Crippen LogP contribution in [0.15, 0.2) is 24.3 Å². The summed E-state index contributed by atoms with van der Waals surface area (Å²) in [5.41, 5.74) is 0.409. The molecule has 7 heteroatoms. The number of hydrogen-bond acceptors (Lipinski definition) is 5. The van der Waals surface area contributed by atoms with Gasteiger partial charge in [0.15, 0.2) is 6.04 Å². The molecule has 1 aromatic carbocycles. The Hall–Kier alpha value is -2.57. The lowest BCUT2D eigenvalue weighted by Crippen LogP contribution is -2.69. The molecule has 1 N–H and O–H groups in total. The first-order valence-electron chi connectivity index (χ1n) is 5.83. The summed E-state index contributed by atoms with van der Waals surface area (Å²) < 4.78 is 9.72. The minimum atomic E-state index is -1.27. The lowest BCUT2D eigenvalue weighted by Gasteiger charge is -2.43. The maximum Gasteiger partial charge on any atom is 0.331 e. The van der Waals surface area contributed by atoms with Crippen molar-refractivity contribution in [3.63, 3.8) is 0 Å². The van der Waals surface area contributed by atoms with Crippen molar-refractivity contribution >= 4 is 23.5 Å². The maximum absolute atomic E-state index is 11.9. The third kappa shape index (κ3) is 2.29. The molecule has 7 nitrogen and oxygen atoms in total. The van der Waals surface area contributed by atoms with Gasteiger partial charge in [-0.3, -0.25) is 14.5 Å². The third-order valence-corrected chi connectivity index (χ3v) is 2.94. The summed E-state index contributed by atoms with van der Waals surface area (Å²) in [6.45, 7) is 1.13. The van der Waals surface area contributed by atoms with E-state index in [9.17, 15) is 14.4 Å². The number of amides is 1. The molecule has 2 atom stereocenters. The number of β-lactam (4-membered cyclic amide) rings is 1. The number of aliphatic carboxylic acids is 1. The van der Waals surface area contributed by atoms with Gasteiger partial charge in [-0.15, -0.1) is 0 Å². The molecular weight excluding hydrogens is 266 g/mol. The molecule has 2 rings (SSSR count). The van der Waals surface area contributed by atoms with E-state index in [0.29, 0.717) is 11.4 Å². The Bertz CT molecular complexity index is 552. The molecule has 1 aliphatic rings. The molecule has 0 saturated carbocycles. The fourth-order valence-corrected chi connectivity index (χ4v) is 2.03. The zero-order valence-corrected chi connectivity index (χ0v) is 10.9. The van der Waals surface area contributed by atoms with Crippen molar-refractivity contribution in [1.82, 2.24) is 0 Å². The molecule has 1 amide bonds. The standard InChI is InChI=1S/C13H13NO6/c1-7(15)20-11-10(13(17)18)14(12(11)16)8-3-5-9(19-2)6-4-8/h3-6,10-11H,1-2H3,(H,17,18)/t10-,11-/m0/s1. The Labute approximate surface area is 114 Å². The highest BCUT2D eigenvalue weighted by molar-refractivity contribution is 6.12. The first-order chi connectivity index (χ1) is 9.45. The van der Waals surface area contributed by atoms with Crippen LogP contribution in [-0.4, -0.2) is 42.2 Å². The number of carboxylic acid groups (broad SMARTS) is 1. The van der Waals surface area contributed by atoms with E-state index >= 15 is 0 Å². The lowest BCUT2D eigenvalue weighted by molar-refractivity contribution is -0.166. The van der Waals surface area contributed by atoms with Gasteiger partial charge in [-0.25, -0.2) is 4.79 Å². The number of ether oxygens (including phenoxy) is 2. The first kappa shape index (κ1) is 13.9. The molecule has 0 bridgehead atoms. The van der Waals surface area contributed by atoms with Crippen LogP contribution in [0.5, 0.6) is 5.75 Å². The smallest absolute Gasteiger partial charge is 0.331 e. The summed E-state index contributed by atoms with van der Waals surface area (Å²) in [4.78, 5) is 35.1. The molecule has 0 aliphatic carbocycles. The monoisotopic (exact) mass is 279 g/mol. The predicted octanol–water partition coefficient (Wildman–Crippen LogP) is 0.427. The first-order valence-corrected chi connectivity index (χ1v) is 5.83. The van der Waals surface area contributed by atoms with E-state index in [0.717, 1.165) is 11.8 Å². The van der Waals surface area contributed by atoms with Crippen molar-refractivity contribution in [3.05, 3.63) is 24.3 Å². The van der Waals surface area contributed by atoms with Gasteiger partial charge in [0.2, 0.25) is 6.10 Å². The lowest BCUT2D eigenvalue weighted by atomic mass is 9.96. The summed E-state index contributed by atoms with van der Waals surface area (Å²) >= 11 is 0. The van der Waals surface area contributed by atoms with Gasteiger partial charge in [-0.05, 0) is 24.3 Å². The van der Waals surface area contributed by atoms with E-state index in [1.165, 1.54) is 7.11 Å². The number of nitrogens with zero attached hydrogens (tertiary/aromatic N) is 1. The van der Waals surface area contributed by atoms with Gasteiger partial charge < -0.3 is 14.6 Å². The van der Waals surface area contributed by atoms with Crippen LogP contribution < -0.4 is 9.64 Å². The fourth-order valence-electron chi connectivity index (χ4n) is 2.03. The van der Waals surface area contributed by atoms with Crippen LogP contribution in [0.25, 0.3) is 0 Å². The molecule has 1 aliphatic heterocycles. The Balaban J connectivity index is 2.24. The summed E-state index contributed by atoms with van der Waals surface area (Å²) in [7, 11) is 1.50. The van der Waals surface area contributed by atoms with E-state index in [-0.39, 0.29) is 0 Å². The van der Waals surface area contributed by atoms with E-state index in [4.69, 9.17) is 14.6 Å². The van der Waals surface area contributed by atoms with Crippen molar-refractivity contribution in [2.45, 2.75) is 19.1 Å². The van der Waals surface area contributed by atoms with Crippen LogP contribution >= 0.6 is 0 Å². The number of esters is 1. The molecule has 0 aromatic heterocycles. The molecule has 0 radical (unpaired) electrons. The highest BCUT2D eigenvalue weighted by atomic mass is 16.6. The third-order valence-electron chi connectivity index (χ3n) is 2.94. The summed E-state index contributed by atoms with van der Waals surface area (Å²) in [5.74, 6) is -1.89. The van der Waals surface area contributed by atoms with Crippen LogP contribution in [0.1, 0.15) is 6.92 Å². The fraction of sp³-hybridized carbons (Fsp3) is 0.308. The molecule has 1 saturated heterocycles. The number of rotatable bonds is 4. The second-order valence-corrected chi connectivity index (χ2v) is 4.22. The van der Waals surface area contributed by atoms with Crippen molar-refractivity contribution in [3.8, 4) is 5.75 Å². The molecule has 106 valence electrons. The number of anilines is 1. The largest absolute Gasteiger partial charge is 0.497 e. The quantitative estimate of drug-likeness (QED) is 0.634. The van der Waals surface area contributed by atoms with Gasteiger partial charge in [0.25, 0.3) is 5.91 Å². The molecule has 20 heavy (non-hydrogen) atoms. The molecule has 1 heterocycles. The number of carbonyl (C=O) groups is 3. The normalized spacial score (nSPS) is 21.1. The van der Waals surface area contributed by atoms with Gasteiger partial charge in [0.1, 0.15) is 5.75 Å². The SMILES string of the molecule is COc1ccc(N2C(=O)[C@@H](OC(C)=O)[C@H]2C(=O)O)cc1. The molecule has 1 fully saturated rings. The minimum Gasteiger partial charge on any atom is -0.497 e. The van der Waals surface area contributed by atoms with Crippen LogP contribution in [0.4, 0.5) is 5.69 Å². The Kier molecular flexibility index (Phi) is 3.60. The number of methoxy groups -OCH3 is 1. The van der Waals surface area contributed by atoms with Crippen LogP contribution in [0.2, 0.25) is 0 Å². The number of benzene rings is 1. The second kappa shape index (κ2) is 5.20. The van der Waals surface area contributed by atoms with Gasteiger partial charge >= 0.3 is 11.9 Å². The van der Waals surface area contributed by atoms with Crippen LogP contribution in [0.3, 0.4) is 0 Å². The average Bonchev–Trinajstić information content (AvgIpc) is 2.41. The zero-order valence-electron chi connectivity index (χ0n) is 10.9. The van der Waals surface area contributed by atoms with E-state index in [2.05, 4.69) is 0 Å². The molecule has 0 unspecified atom stereocenters. The van der Waals surface area contributed by atoms with Gasteiger partial charge in [-0.2, -0.15) is 0 Å². The van der Waals surface area contributed by atoms with Crippen molar-refractivity contribution in [2.75, 3.05) is 12.0 Å². The van der Waals surface area contributed by atoms with Gasteiger partial charge in [-0.1, -0.05) is 0 Å². The molecule has 1 aromatic rings. The zero-order chi connectivity index (χ0) is 14.9. The van der Waals surface area contributed by atoms with Crippen LogP contribution in [0, 0.1) is 0 Å². The molecule has 0 spiro atoms. The number of carbonyl (C=O) groups excluding carboxylic acids is 2. The maximum atomic E-state index is 11.9. The Morgan fingerprint density at radius 3 is 2.30 bits per heavy atom. The second-order valence-electron chi connectivity index (χ2n) is 4.22. The van der Waals surface area contributed by atoms with Crippen molar-refractivity contribution in [1.29, 1.82) is 0 Å². The molecular formula is C13H13NO6. The summed E-state index contributed by atoms with van der Waals surface area (Å²) in [5, 5.41) is 9.16. The van der Waals surface area contributed by atoms with Gasteiger partial charge in [0, 0.05) is 12.6 Å². The summed E-state index contributed by atoms with van der Waals surface area (Å²) in [6, 6.07) is 5.15. The Morgan fingerprint density at radius 2 is 1.85 bits per heavy atom. The summed E-state index contributed by atoms with van der Waals surface area (Å²) in [6.07, 6.45) is -1.27. The van der Waals surface area contributed by atoms with E-state index in [1.54, 1.807) is 24.3 Å².